The molecule has 0 aromatic heterocycles. The first-order valence-corrected chi connectivity index (χ1v) is 15.2. The van der Waals surface area contributed by atoms with Crippen LogP contribution in [0.1, 0.15) is 42.4 Å². The number of carbonyl (C=O) groups is 3. The lowest BCUT2D eigenvalue weighted by molar-refractivity contribution is -0.149. The number of nitrogens with one attached hydrogen (secondary N) is 3. The van der Waals surface area contributed by atoms with Gasteiger partial charge in [-0.3, -0.25) is 14.4 Å². The van der Waals surface area contributed by atoms with Crippen molar-refractivity contribution in [3.8, 4) is 0 Å². The van der Waals surface area contributed by atoms with E-state index in [0.29, 0.717) is 25.1 Å². The molecule has 0 aliphatic heterocycles. The number of carbonyl (C=O) groups excluding carboxylic acids is 2. The van der Waals surface area contributed by atoms with E-state index in [1.807, 2.05) is 54.6 Å². The summed E-state index contributed by atoms with van der Waals surface area (Å²) in [5.74, 6) is -2.31. The van der Waals surface area contributed by atoms with Crippen molar-refractivity contribution in [1.82, 2.24) is 16.0 Å². The highest BCUT2D eigenvalue weighted by atomic mass is 32.2. The number of benzene rings is 3. The summed E-state index contributed by atoms with van der Waals surface area (Å²) >= 11 is 1.75. The summed E-state index contributed by atoms with van der Waals surface area (Å²) in [6, 6.07) is 30.3. The SMILES string of the molecule is CNC[C@H](NC(=O)[C@H]1CCCC[C@H]1C(=O)O)C(=O)NCCSC(c1ccccc1)(c1ccccc1)c1ccccc1. The van der Waals surface area contributed by atoms with E-state index in [2.05, 4.69) is 52.3 Å². The molecule has 0 bridgehead atoms. The fraction of sp³-hybridized carbons (Fsp3) is 0.364. The maximum atomic E-state index is 13.2. The maximum absolute atomic E-state index is 13.2. The number of hydrogen-bond acceptors (Lipinski definition) is 5. The first kappa shape index (κ1) is 30.3. The molecule has 216 valence electrons. The number of rotatable bonds is 13. The van der Waals surface area contributed by atoms with Crippen LogP contribution >= 0.6 is 11.8 Å². The summed E-state index contributed by atoms with van der Waals surface area (Å²) in [4.78, 5) is 38.0. The van der Waals surface area contributed by atoms with Gasteiger partial charge in [-0.1, -0.05) is 104 Å². The fourth-order valence-electron chi connectivity index (χ4n) is 5.70. The molecule has 0 unspecified atom stereocenters. The Bertz CT molecular complexity index is 1180. The lowest BCUT2D eigenvalue weighted by Crippen LogP contribution is -2.54. The Morgan fingerprint density at radius 1 is 0.829 bits per heavy atom. The van der Waals surface area contributed by atoms with Crippen molar-refractivity contribution in [3.63, 3.8) is 0 Å². The van der Waals surface area contributed by atoms with Gasteiger partial charge in [0, 0.05) is 18.8 Å². The predicted octanol–water partition coefficient (Wildman–Crippen LogP) is 4.42. The highest BCUT2D eigenvalue weighted by Crippen LogP contribution is 2.48. The van der Waals surface area contributed by atoms with Gasteiger partial charge in [0.05, 0.1) is 16.6 Å². The van der Waals surface area contributed by atoms with Gasteiger partial charge in [0.2, 0.25) is 11.8 Å². The molecule has 3 aromatic rings. The molecular formula is C33H39N3O4S. The van der Waals surface area contributed by atoms with Crippen molar-refractivity contribution >= 4 is 29.5 Å². The summed E-state index contributed by atoms with van der Waals surface area (Å²) in [6.45, 7) is 0.645. The smallest absolute Gasteiger partial charge is 0.307 e. The lowest BCUT2D eigenvalue weighted by Gasteiger charge is -2.35. The molecule has 4 N–H and O–H groups in total. The molecule has 3 atom stereocenters. The van der Waals surface area contributed by atoms with Crippen LogP contribution in [0.15, 0.2) is 91.0 Å². The second-order valence-corrected chi connectivity index (χ2v) is 11.7. The van der Waals surface area contributed by atoms with Crippen LogP contribution in [0.5, 0.6) is 0 Å². The van der Waals surface area contributed by atoms with Crippen LogP contribution in [-0.4, -0.2) is 54.8 Å². The highest BCUT2D eigenvalue weighted by Gasteiger charge is 2.38. The van der Waals surface area contributed by atoms with Crippen LogP contribution in [-0.2, 0) is 19.1 Å². The summed E-state index contributed by atoms with van der Waals surface area (Å²) in [6.07, 6.45) is 2.62. The number of aliphatic carboxylic acids is 1. The van der Waals surface area contributed by atoms with Gasteiger partial charge in [-0.05, 0) is 36.6 Å². The van der Waals surface area contributed by atoms with Gasteiger partial charge in [0.25, 0.3) is 0 Å². The van der Waals surface area contributed by atoms with Crippen LogP contribution in [0.3, 0.4) is 0 Å². The van der Waals surface area contributed by atoms with Gasteiger partial charge >= 0.3 is 5.97 Å². The molecule has 2 amide bonds. The van der Waals surface area contributed by atoms with Crippen LogP contribution in [0.4, 0.5) is 0 Å². The monoisotopic (exact) mass is 573 g/mol. The Hall–Kier alpha value is -3.62. The van der Waals surface area contributed by atoms with Crippen LogP contribution < -0.4 is 16.0 Å². The molecule has 0 spiro atoms. The molecule has 4 rings (SSSR count). The average Bonchev–Trinajstić information content (AvgIpc) is 3.02. The molecule has 0 radical (unpaired) electrons. The van der Waals surface area contributed by atoms with Crippen LogP contribution in [0, 0.1) is 11.8 Å². The van der Waals surface area contributed by atoms with Gasteiger partial charge in [0.1, 0.15) is 6.04 Å². The zero-order valence-electron chi connectivity index (χ0n) is 23.4. The van der Waals surface area contributed by atoms with E-state index in [1.165, 1.54) is 0 Å². The van der Waals surface area contributed by atoms with E-state index in [9.17, 15) is 19.5 Å². The fourth-order valence-corrected chi connectivity index (χ4v) is 7.12. The van der Waals surface area contributed by atoms with Gasteiger partial charge < -0.3 is 21.1 Å². The van der Waals surface area contributed by atoms with E-state index >= 15 is 0 Å². The molecule has 1 fully saturated rings. The zero-order valence-corrected chi connectivity index (χ0v) is 24.2. The molecule has 1 aliphatic rings. The van der Waals surface area contributed by atoms with Crippen molar-refractivity contribution in [2.45, 2.75) is 36.5 Å². The number of carboxylic acids is 1. The summed E-state index contributed by atoms with van der Waals surface area (Å²) < 4.78 is -0.486. The van der Waals surface area contributed by atoms with Gasteiger partial charge in [0.15, 0.2) is 0 Å². The van der Waals surface area contributed by atoms with Crippen molar-refractivity contribution < 1.29 is 19.5 Å². The van der Waals surface area contributed by atoms with Crippen molar-refractivity contribution in [2.75, 3.05) is 25.9 Å². The minimum absolute atomic E-state index is 0.247. The van der Waals surface area contributed by atoms with Crippen molar-refractivity contribution in [3.05, 3.63) is 108 Å². The van der Waals surface area contributed by atoms with Crippen LogP contribution in [0.2, 0.25) is 0 Å². The topological polar surface area (TPSA) is 108 Å². The highest BCUT2D eigenvalue weighted by molar-refractivity contribution is 8.00. The third kappa shape index (κ3) is 7.37. The number of carboxylic acid groups (broad SMARTS) is 1. The number of likely N-dealkylation sites (N-methyl/N-ethyl adjacent to an activating group) is 1. The summed E-state index contributed by atoms with van der Waals surface area (Å²) in [5.41, 5.74) is 3.44. The van der Waals surface area contributed by atoms with E-state index in [4.69, 9.17) is 0 Å². The largest absolute Gasteiger partial charge is 0.481 e. The molecule has 8 heteroatoms. The van der Waals surface area contributed by atoms with Crippen molar-refractivity contribution in [2.24, 2.45) is 11.8 Å². The van der Waals surface area contributed by atoms with E-state index in [0.717, 1.165) is 29.5 Å². The molecular weight excluding hydrogens is 534 g/mol. The minimum atomic E-state index is -0.949. The number of thioether (sulfide) groups is 1. The second kappa shape index (κ2) is 14.8. The van der Waals surface area contributed by atoms with E-state index in [-0.39, 0.29) is 18.4 Å². The maximum Gasteiger partial charge on any atom is 0.307 e. The Morgan fingerprint density at radius 3 is 1.78 bits per heavy atom. The van der Waals surface area contributed by atoms with Crippen LogP contribution in [0.25, 0.3) is 0 Å². The molecule has 3 aromatic carbocycles. The lowest BCUT2D eigenvalue weighted by atomic mass is 9.78. The van der Waals surface area contributed by atoms with E-state index in [1.54, 1.807) is 18.8 Å². The molecule has 7 nitrogen and oxygen atoms in total. The Morgan fingerprint density at radius 2 is 1.32 bits per heavy atom. The quantitative estimate of drug-likeness (QED) is 0.178. The van der Waals surface area contributed by atoms with Gasteiger partial charge in [-0.2, -0.15) is 0 Å². The third-order valence-corrected chi connectivity index (χ3v) is 9.27. The number of amides is 2. The predicted molar refractivity (Wildman–Crippen MR) is 164 cm³/mol. The molecule has 0 saturated heterocycles. The summed E-state index contributed by atoms with van der Waals surface area (Å²) in [5, 5.41) is 18.4. The molecule has 1 saturated carbocycles. The minimum Gasteiger partial charge on any atom is -0.481 e. The second-order valence-electron chi connectivity index (χ2n) is 10.4. The average molecular weight is 574 g/mol. The Kier molecular flexibility index (Phi) is 11.0. The Labute approximate surface area is 246 Å². The normalized spacial score (nSPS) is 17.8. The molecule has 1 aliphatic carbocycles. The van der Waals surface area contributed by atoms with Crippen molar-refractivity contribution in [1.29, 1.82) is 0 Å². The first-order chi connectivity index (χ1) is 20.0. The first-order valence-electron chi connectivity index (χ1n) is 14.2. The summed E-state index contributed by atoms with van der Waals surface area (Å²) in [7, 11) is 1.72. The zero-order chi connectivity index (χ0) is 29.1. The Balaban J connectivity index is 1.47. The van der Waals surface area contributed by atoms with Gasteiger partial charge in [-0.25, -0.2) is 0 Å². The standard InChI is InChI=1S/C33H39N3O4S/c1-34-23-29(36-30(37)27-19-11-12-20-28(27)32(39)40)31(38)35-21-22-41-33(24-13-5-2-6-14-24,25-15-7-3-8-16-25)26-17-9-4-10-18-26/h2-10,13-18,27-29,34H,11-12,19-23H2,1H3,(H,35,38)(H,36,37)(H,39,40)/t27-,28+,29-/m0/s1. The van der Waals surface area contributed by atoms with Gasteiger partial charge in [-0.15, -0.1) is 11.8 Å². The molecule has 41 heavy (non-hydrogen) atoms. The third-order valence-electron chi connectivity index (χ3n) is 7.72. The molecule has 0 heterocycles. The number of hydrogen-bond donors (Lipinski definition) is 4. The van der Waals surface area contributed by atoms with E-state index < -0.39 is 28.6 Å².